The van der Waals surface area contributed by atoms with Crippen LogP contribution in [0.2, 0.25) is 10.0 Å². The van der Waals surface area contributed by atoms with Crippen LogP contribution >= 0.6 is 23.2 Å². The number of Topliss-reactive ketones (excluding diaryl/α,β-unsaturated/α-hetero) is 1. The van der Waals surface area contributed by atoms with E-state index in [1.807, 2.05) is 19.9 Å². The number of carbonyl (C=O) groups is 2. The SMILES string of the molecule is CCCCOC(=O)C1=C(C)NC2=C(C(=O)CCC2)[C@@H]1c1cccc(Cl)c1Cl. The Kier molecular flexibility index (Phi) is 6.28. The summed E-state index contributed by atoms with van der Waals surface area (Å²) in [5.74, 6) is -0.940. The number of ether oxygens (including phenoxy) is 1. The van der Waals surface area contributed by atoms with Gasteiger partial charge in [0.05, 0.1) is 22.2 Å². The average Bonchev–Trinajstić information content (AvgIpc) is 2.63. The highest BCUT2D eigenvalue weighted by Crippen LogP contribution is 2.45. The molecule has 27 heavy (non-hydrogen) atoms. The van der Waals surface area contributed by atoms with Crippen molar-refractivity contribution in [2.24, 2.45) is 0 Å². The summed E-state index contributed by atoms with van der Waals surface area (Å²) in [4.78, 5) is 25.7. The van der Waals surface area contributed by atoms with Gasteiger partial charge >= 0.3 is 5.97 Å². The van der Waals surface area contributed by atoms with E-state index in [1.54, 1.807) is 12.1 Å². The topological polar surface area (TPSA) is 55.4 Å². The summed E-state index contributed by atoms with van der Waals surface area (Å²) in [5.41, 5.74) is 3.28. The molecule has 4 nitrogen and oxygen atoms in total. The van der Waals surface area contributed by atoms with Gasteiger partial charge in [0.2, 0.25) is 0 Å². The molecule has 2 aliphatic rings. The number of hydrogen-bond acceptors (Lipinski definition) is 4. The van der Waals surface area contributed by atoms with E-state index in [1.165, 1.54) is 0 Å². The first-order valence-electron chi connectivity index (χ1n) is 9.30. The normalized spacial score (nSPS) is 19.7. The van der Waals surface area contributed by atoms with Gasteiger partial charge in [0.1, 0.15) is 0 Å². The molecule has 1 heterocycles. The summed E-state index contributed by atoms with van der Waals surface area (Å²) in [6.45, 7) is 4.22. The van der Waals surface area contributed by atoms with Crippen molar-refractivity contribution in [1.29, 1.82) is 0 Å². The van der Waals surface area contributed by atoms with E-state index in [2.05, 4.69) is 5.32 Å². The van der Waals surface area contributed by atoms with Gasteiger partial charge in [0.25, 0.3) is 0 Å². The second-order valence-corrected chi connectivity index (χ2v) is 7.68. The summed E-state index contributed by atoms with van der Waals surface area (Å²) in [6, 6.07) is 5.31. The molecule has 1 aliphatic heterocycles. The zero-order valence-corrected chi connectivity index (χ0v) is 17.0. The summed E-state index contributed by atoms with van der Waals surface area (Å²) in [6.07, 6.45) is 3.75. The molecule has 0 unspecified atom stereocenters. The highest BCUT2D eigenvalue weighted by Gasteiger charge is 2.40. The smallest absolute Gasteiger partial charge is 0.336 e. The van der Waals surface area contributed by atoms with Gasteiger partial charge in [-0.25, -0.2) is 4.79 Å². The van der Waals surface area contributed by atoms with Crippen LogP contribution in [0.1, 0.15) is 57.4 Å². The number of esters is 1. The van der Waals surface area contributed by atoms with Gasteiger partial charge in [-0.3, -0.25) is 4.79 Å². The third kappa shape index (κ3) is 3.92. The Hall–Kier alpha value is -1.78. The zero-order valence-electron chi connectivity index (χ0n) is 15.5. The first-order valence-corrected chi connectivity index (χ1v) is 10.1. The summed E-state index contributed by atoms with van der Waals surface area (Å²) >= 11 is 12.7. The van der Waals surface area contributed by atoms with E-state index >= 15 is 0 Å². The van der Waals surface area contributed by atoms with Crippen LogP contribution in [0, 0.1) is 0 Å². The van der Waals surface area contributed by atoms with Gasteiger partial charge in [-0.1, -0.05) is 48.7 Å². The summed E-state index contributed by atoms with van der Waals surface area (Å²) in [7, 11) is 0. The van der Waals surface area contributed by atoms with Crippen LogP contribution < -0.4 is 5.32 Å². The number of ketones is 1. The minimum absolute atomic E-state index is 0.0381. The van der Waals surface area contributed by atoms with E-state index in [0.717, 1.165) is 31.4 Å². The zero-order chi connectivity index (χ0) is 19.6. The maximum atomic E-state index is 12.9. The molecule has 0 amide bonds. The van der Waals surface area contributed by atoms with Crippen molar-refractivity contribution in [2.75, 3.05) is 6.61 Å². The van der Waals surface area contributed by atoms with Crippen LogP contribution in [0.15, 0.2) is 40.7 Å². The number of rotatable bonds is 5. The Morgan fingerprint density at radius 1 is 1.30 bits per heavy atom. The highest BCUT2D eigenvalue weighted by molar-refractivity contribution is 6.42. The number of halogens is 2. The van der Waals surface area contributed by atoms with Gasteiger partial charge in [0, 0.05) is 29.3 Å². The second kappa shape index (κ2) is 8.49. The van der Waals surface area contributed by atoms with Gasteiger partial charge in [-0.15, -0.1) is 0 Å². The number of allylic oxidation sites excluding steroid dienone is 3. The molecule has 6 heteroatoms. The van der Waals surface area contributed by atoms with Gasteiger partial charge in [-0.2, -0.15) is 0 Å². The van der Waals surface area contributed by atoms with Crippen LogP contribution in [0.4, 0.5) is 0 Å². The summed E-state index contributed by atoms with van der Waals surface area (Å²) in [5, 5.41) is 4.03. The van der Waals surface area contributed by atoms with Crippen LogP contribution in [-0.2, 0) is 14.3 Å². The lowest BCUT2D eigenvalue weighted by Gasteiger charge is -2.34. The molecule has 1 N–H and O–H groups in total. The molecule has 0 saturated carbocycles. The number of unbranched alkanes of at least 4 members (excludes halogenated alkanes) is 1. The molecule has 1 aliphatic carbocycles. The van der Waals surface area contributed by atoms with E-state index in [4.69, 9.17) is 27.9 Å². The van der Waals surface area contributed by atoms with Crippen LogP contribution in [0.5, 0.6) is 0 Å². The van der Waals surface area contributed by atoms with Crippen molar-refractivity contribution in [3.05, 3.63) is 56.3 Å². The highest BCUT2D eigenvalue weighted by atomic mass is 35.5. The largest absolute Gasteiger partial charge is 0.462 e. The second-order valence-electron chi connectivity index (χ2n) is 6.90. The minimum Gasteiger partial charge on any atom is -0.462 e. The van der Waals surface area contributed by atoms with Gasteiger partial charge in [0.15, 0.2) is 5.78 Å². The Bertz CT molecular complexity index is 842. The molecular formula is C21H23Cl2NO3. The third-order valence-electron chi connectivity index (χ3n) is 5.02. The van der Waals surface area contributed by atoms with Crippen molar-refractivity contribution >= 4 is 35.0 Å². The third-order valence-corrected chi connectivity index (χ3v) is 5.85. The predicted octanol–water partition coefficient (Wildman–Crippen LogP) is 5.30. The van der Waals surface area contributed by atoms with Gasteiger partial charge < -0.3 is 10.1 Å². The Morgan fingerprint density at radius 2 is 2.07 bits per heavy atom. The Morgan fingerprint density at radius 3 is 2.81 bits per heavy atom. The van der Waals surface area contributed by atoms with Gasteiger partial charge in [-0.05, 0) is 37.8 Å². The molecule has 0 spiro atoms. The van der Waals surface area contributed by atoms with Crippen molar-refractivity contribution in [1.82, 2.24) is 5.32 Å². The van der Waals surface area contributed by atoms with Crippen molar-refractivity contribution < 1.29 is 14.3 Å². The fourth-order valence-electron chi connectivity index (χ4n) is 3.70. The molecule has 0 radical (unpaired) electrons. The summed E-state index contributed by atoms with van der Waals surface area (Å²) < 4.78 is 5.48. The lowest BCUT2D eigenvalue weighted by atomic mass is 9.75. The molecule has 0 fully saturated rings. The van der Waals surface area contributed by atoms with Crippen molar-refractivity contribution in [3.8, 4) is 0 Å². The minimum atomic E-state index is -0.561. The number of nitrogens with one attached hydrogen (secondary N) is 1. The molecule has 0 bridgehead atoms. The maximum absolute atomic E-state index is 12.9. The quantitative estimate of drug-likeness (QED) is 0.530. The molecule has 144 valence electrons. The Labute approximate surface area is 169 Å². The van der Waals surface area contributed by atoms with Crippen molar-refractivity contribution in [2.45, 2.75) is 51.9 Å². The molecule has 3 rings (SSSR count). The molecule has 1 atom stereocenters. The number of dihydropyridines is 1. The number of hydrogen-bond donors (Lipinski definition) is 1. The van der Waals surface area contributed by atoms with E-state index < -0.39 is 11.9 Å². The van der Waals surface area contributed by atoms with Crippen molar-refractivity contribution in [3.63, 3.8) is 0 Å². The molecular weight excluding hydrogens is 385 g/mol. The van der Waals surface area contributed by atoms with Crippen LogP contribution in [-0.4, -0.2) is 18.4 Å². The lowest BCUT2D eigenvalue weighted by Crippen LogP contribution is -2.34. The average molecular weight is 408 g/mol. The maximum Gasteiger partial charge on any atom is 0.336 e. The molecule has 0 saturated heterocycles. The van der Waals surface area contributed by atoms with Crippen LogP contribution in [0.3, 0.4) is 0 Å². The predicted molar refractivity (Wildman–Crippen MR) is 107 cm³/mol. The first-order chi connectivity index (χ1) is 13.0. The molecule has 1 aromatic rings. The number of benzene rings is 1. The fourth-order valence-corrected chi connectivity index (χ4v) is 4.11. The molecule has 0 aromatic heterocycles. The standard InChI is InChI=1S/C21H23Cl2NO3/c1-3-4-11-27-21(26)17-12(2)24-15-9-6-10-16(25)19(15)18(17)13-7-5-8-14(22)20(13)23/h5,7-8,18,24H,3-4,6,9-11H2,1-2H3/t18-/m1/s1. The van der Waals surface area contributed by atoms with E-state index in [-0.39, 0.29) is 5.78 Å². The molecule has 1 aromatic carbocycles. The first kappa shape index (κ1) is 20.0. The number of carbonyl (C=O) groups excluding carboxylic acids is 2. The Balaban J connectivity index is 2.11. The monoisotopic (exact) mass is 407 g/mol. The lowest BCUT2D eigenvalue weighted by molar-refractivity contribution is -0.139. The van der Waals surface area contributed by atoms with Crippen LogP contribution in [0.25, 0.3) is 0 Å². The van der Waals surface area contributed by atoms with E-state index in [0.29, 0.717) is 45.5 Å². The van der Waals surface area contributed by atoms with E-state index in [9.17, 15) is 9.59 Å². The fraction of sp³-hybridized carbons (Fsp3) is 0.429.